The molecular weight excluding hydrogens is 554 g/mol. The van der Waals surface area contributed by atoms with E-state index in [0.717, 1.165) is 14.3 Å². The molecule has 1 atom stereocenters. The minimum absolute atomic E-state index is 0.0227. The molecule has 3 aromatic rings. The number of amides is 1. The van der Waals surface area contributed by atoms with E-state index < -0.39 is 34.8 Å². The van der Waals surface area contributed by atoms with Gasteiger partial charge in [0.25, 0.3) is 0 Å². The highest BCUT2D eigenvalue weighted by atomic mass is 79.9. The molecule has 0 saturated heterocycles. The molecule has 0 fully saturated rings. The fourth-order valence-electron chi connectivity index (χ4n) is 3.12. The molecule has 0 heterocycles. The van der Waals surface area contributed by atoms with Crippen LogP contribution in [0, 0.1) is 5.82 Å². The van der Waals surface area contributed by atoms with Crippen molar-refractivity contribution in [2.24, 2.45) is 0 Å². The summed E-state index contributed by atoms with van der Waals surface area (Å²) in [5.41, 5.74) is 0.821. The molecule has 0 aliphatic heterocycles. The Morgan fingerprint density at radius 3 is 2.30 bits per heavy atom. The molecule has 0 aliphatic rings. The van der Waals surface area contributed by atoms with E-state index in [-0.39, 0.29) is 21.5 Å². The third-order valence-corrected chi connectivity index (χ3v) is 7.86. The Bertz CT molecular complexity index is 1220. The Kier molecular flexibility index (Phi) is 8.53. The minimum Gasteiger partial charge on any atom is -0.348 e. The van der Waals surface area contributed by atoms with E-state index in [4.69, 9.17) is 23.2 Å². The normalized spacial score (nSPS) is 12.5. The number of carbonyl (C=O) groups is 1. The molecular formula is C23H20BrCl2FN2O3S. The lowest BCUT2D eigenvalue weighted by Gasteiger charge is -2.24. The van der Waals surface area contributed by atoms with E-state index in [1.54, 1.807) is 6.92 Å². The van der Waals surface area contributed by atoms with Gasteiger partial charge in [-0.25, -0.2) is 12.8 Å². The predicted octanol–water partition coefficient (Wildman–Crippen LogP) is 5.96. The maximum atomic E-state index is 14.4. The van der Waals surface area contributed by atoms with Gasteiger partial charge < -0.3 is 5.32 Å². The Hall–Kier alpha value is -1.97. The first-order chi connectivity index (χ1) is 15.6. The smallest absolute Gasteiger partial charge is 0.243 e. The second-order valence-corrected chi connectivity index (χ2v) is 11.0. The van der Waals surface area contributed by atoms with E-state index >= 15 is 0 Å². The van der Waals surface area contributed by atoms with E-state index in [2.05, 4.69) is 21.2 Å². The van der Waals surface area contributed by atoms with Gasteiger partial charge in [0, 0.05) is 26.6 Å². The van der Waals surface area contributed by atoms with Crippen LogP contribution in [0.5, 0.6) is 0 Å². The quantitative estimate of drug-likeness (QED) is 0.361. The largest absolute Gasteiger partial charge is 0.348 e. The number of rotatable bonds is 8. The third-order valence-electron chi connectivity index (χ3n) is 4.92. The molecule has 10 heteroatoms. The van der Waals surface area contributed by atoms with E-state index in [0.29, 0.717) is 5.02 Å². The van der Waals surface area contributed by atoms with Crippen molar-refractivity contribution in [3.63, 3.8) is 0 Å². The summed E-state index contributed by atoms with van der Waals surface area (Å²) in [6.45, 7) is 0.833. The molecule has 3 rings (SSSR count). The maximum Gasteiger partial charge on any atom is 0.243 e. The van der Waals surface area contributed by atoms with Crippen LogP contribution in [-0.4, -0.2) is 25.2 Å². The van der Waals surface area contributed by atoms with Crippen molar-refractivity contribution >= 4 is 55.1 Å². The molecule has 0 radical (unpaired) electrons. The number of hydrogen-bond acceptors (Lipinski definition) is 3. The van der Waals surface area contributed by atoms with Crippen LogP contribution < -0.4 is 5.32 Å². The van der Waals surface area contributed by atoms with Crippen molar-refractivity contribution in [3.05, 3.63) is 98.2 Å². The first-order valence-corrected chi connectivity index (χ1v) is 12.8. The van der Waals surface area contributed by atoms with Crippen molar-refractivity contribution in [1.82, 2.24) is 9.62 Å². The van der Waals surface area contributed by atoms with Crippen LogP contribution in [0.25, 0.3) is 0 Å². The summed E-state index contributed by atoms with van der Waals surface area (Å²) in [6.07, 6.45) is 0. The molecule has 174 valence electrons. The van der Waals surface area contributed by atoms with Crippen LogP contribution in [-0.2, 0) is 21.4 Å². The minimum atomic E-state index is -4.17. The summed E-state index contributed by atoms with van der Waals surface area (Å²) < 4.78 is 42.9. The second kappa shape index (κ2) is 11.0. The van der Waals surface area contributed by atoms with E-state index in [1.807, 2.05) is 24.3 Å². The zero-order valence-electron chi connectivity index (χ0n) is 17.4. The number of benzene rings is 3. The van der Waals surface area contributed by atoms with Crippen LogP contribution in [0.4, 0.5) is 4.39 Å². The molecule has 0 unspecified atom stereocenters. The molecule has 1 amide bonds. The summed E-state index contributed by atoms with van der Waals surface area (Å²) in [5, 5.41) is 3.21. The summed E-state index contributed by atoms with van der Waals surface area (Å²) in [7, 11) is -4.17. The Labute approximate surface area is 210 Å². The van der Waals surface area contributed by atoms with Gasteiger partial charge in [-0.3, -0.25) is 4.79 Å². The van der Waals surface area contributed by atoms with Gasteiger partial charge in [-0.05, 0) is 61.0 Å². The highest BCUT2D eigenvalue weighted by Crippen LogP contribution is 2.25. The Morgan fingerprint density at radius 2 is 1.70 bits per heavy atom. The number of halogens is 4. The summed E-state index contributed by atoms with van der Waals surface area (Å²) in [6, 6.07) is 16.6. The number of sulfonamides is 1. The molecule has 5 nitrogen and oxygen atoms in total. The van der Waals surface area contributed by atoms with Gasteiger partial charge in [0.15, 0.2) is 0 Å². The first-order valence-electron chi connectivity index (χ1n) is 9.81. The highest BCUT2D eigenvalue weighted by Gasteiger charge is 2.29. The van der Waals surface area contributed by atoms with Gasteiger partial charge in [-0.15, -0.1) is 0 Å². The van der Waals surface area contributed by atoms with Crippen LogP contribution in [0.1, 0.15) is 24.1 Å². The Morgan fingerprint density at radius 1 is 1.06 bits per heavy atom. The van der Waals surface area contributed by atoms with Crippen molar-refractivity contribution in [2.45, 2.75) is 24.4 Å². The van der Waals surface area contributed by atoms with Gasteiger partial charge in [-0.1, -0.05) is 57.3 Å². The molecule has 33 heavy (non-hydrogen) atoms. The summed E-state index contributed by atoms with van der Waals surface area (Å²) in [5.74, 6) is -1.21. The van der Waals surface area contributed by atoms with Gasteiger partial charge >= 0.3 is 0 Å². The van der Waals surface area contributed by atoms with E-state index in [1.165, 1.54) is 42.5 Å². The van der Waals surface area contributed by atoms with Gasteiger partial charge in [0.1, 0.15) is 5.82 Å². The lowest BCUT2D eigenvalue weighted by atomic mass is 10.1. The fraction of sp³-hybridized carbons (Fsp3) is 0.174. The van der Waals surface area contributed by atoms with Crippen LogP contribution >= 0.6 is 39.1 Å². The van der Waals surface area contributed by atoms with Crippen molar-refractivity contribution in [2.75, 3.05) is 6.54 Å². The number of nitrogens with one attached hydrogen (secondary N) is 1. The maximum absolute atomic E-state index is 14.4. The lowest BCUT2D eigenvalue weighted by molar-refractivity contribution is -0.122. The molecule has 0 aromatic heterocycles. The SMILES string of the molecule is C[C@@H](NC(=O)CN(Cc1c(F)cccc1Cl)S(=O)(=O)c1ccc(Cl)cc1)c1ccc(Br)cc1. The fourth-order valence-corrected chi connectivity index (χ4v) is 5.10. The molecule has 1 N–H and O–H groups in total. The molecule has 3 aromatic carbocycles. The van der Waals surface area contributed by atoms with Crippen LogP contribution in [0.15, 0.2) is 76.1 Å². The lowest BCUT2D eigenvalue weighted by Crippen LogP contribution is -2.41. The molecule has 0 spiro atoms. The van der Waals surface area contributed by atoms with Crippen molar-refractivity contribution < 1.29 is 17.6 Å². The zero-order valence-corrected chi connectivity index (χ0v) is 21.3. The van der Waals surface area contributed by atoms with Crippen molar-refractivity contribution in [3.8, 4) is 0 Å². The number of nitrogens with zero attached hydrogens (tertiary/aromatic N) is 1. The monoisotopic (exact) mass is 572 g/mol. The zero-order chi connectivity index (χ0) is 24.2. The van der Waals surface area contributed by atoms with Gasteiger partial charge in [-0.2, -0.15) is 4.31 Å². The van der Waals surface area contributed by atoms with Crippen LogP contribution in [0.2, 0.25) is 10.0 Å². The van der Waals surface area contributed by atoms with Gasteiger partial charge in [0.05, 0.1) is 17.5 Å². The second-order valence-electron chi connectivity index (χ2n) is 7.27. The van der Waals surface area contributed by atoms with Crippen molar-refractivity contribution in [1.29, 1.82) is 0 Å². The highest BCUT2D eigenvalue weighted by molar-refractivity contribution is 9.10. The first kappa shape index (κ1) is 25.6. The van der Waals surface area contributed by atoms with E-state index in [9.17, 15) is 17.6 Å². The summed E-state index contributed by atoms with van der Waals surface area (Å²) in [4.78, 5) is 12.7. The predicted molar refractivity (Wildman–Crippen MR) is 131 cm³/mol. The standard InChI is InChI=1S/C23H20BrCl2FN2O3S/c1-15(16-5-7-17(24)8-6-16)28-23(30)14-29(13-20-21(26)3-2-4-22(20)27)33(31,32)19-11-9-18(25)10-12-19/h2-12,15H,13-14H2,1H3,(H,28,30)/t15-/m1/s1. The number of carbonyl (C=O) groups excluding carboxylic acids is 1. The third kappa shape index (κ3) is 6.55. The topological polar surface area (TPSA) is 66.5 Å². The molecule has 0 bridgehead atoms. The summed E-state index contributed by atoms with van der Waals surface area (Å²) >= 11 is 15.4. The Balaban J connectivity index is 1.88. The van der Waals surface area contributed by atoms with Crippen LogP contribution in [0.3, 0.4) is 0 Å². The average molecular weight is 574 g/mol. The molecule has 0 saturated carbocycles. The molecule has 0 aliphatic carbocycles. The number of hydrogen-bond donors (Lipinski definition) is 1. The average Bonchev–Trinajstić information content (AvgIpc) is 2.76. The van der Waals surface area contributed by atoms with Gasteiger partial charge in [0.2, 0.25) is 15.9 Å².